The lowest BCUT2D eigenvalue weighted by atomic mass is 9.81. The van der Waals surface area contributed by atoms with Gasteiger partial charge in [-0.15, -0.1) is 0 Å². The third-order valence-corrected chi connectivity index (χ3v) is 6.75. The molecular weight excluding hydrogens is 358 g/mol. The molecule has 5 unspecified atom stereocenters. The van der Waals surface area contributed by atoms with E-state index in [0.717, 1.165) is 43.4 Å². The highest BCUT2D eigenvalue weighted by Crippen LogP contribution is 2.48. The van der Waals surface area contributed by atoms with E-state index in [2.05, 4.69) is 5.32 Å². The van der Waals surface area contributed by atoms with Crippen molar-refractivity contribution in [1.82, 2.24) is 10.2 Å². The standard InChI is InChI=1S/C21H25N3O4/c22-12-4-5-13-11(10-12)2-1-3-14(13)23-17(25)8-9-24-20(26)18-15-6-7-16(28-15)19(18)21(24)27/h4-5,10,14-16,18-19H,1-3,6-9,22H2,(H,23,25). The predicted octanol–water partition coefficient (Wildman–Crippen LogP) is 1.31. The van der Waals surface area contributed by atoms with Crippen molar-refractivity contribution in [2.75, 3.05) is 12.3 Å². The van der Waals surface area contributed by atoms with Crippen LogP contribution in [0, 0.1) is 11.8 Å². The van der Waals surface area contributed by atoms with Crippen molar-refractivity contribution in [2.45, 2.75) is 56.8 Å². The average molecular weight is 383 g/mol. The van der Waals surface area contributed by atoms with Gasteiger partial charge in [-0.05, 0) is 55.4 Å². The largest absolute Gasteiger partial charge is 0.399 e. The number of imide groups is 1. The van der Waals surface area contributed by atoms with Crippen molar-refractivity contribution in [3.8, 4) is 0 Å². The maximum Gasteiger partial charge on any atom is 0.235 e. The molecule has 3 heterocycles. The molecule has 4 aliphatic rings. The zero-order valence-corrected chi connectivity index (χ0v) is 15.7. The van der Waals surface area contributed by atoms with Crippen LogP contribution in [0.5, 0.6) is 0 Å². The summed E-state index contributed by atoms with van der Waals surface area (Å²) in [5.74, 6) is -1.11. The van der Waals surface area contributed by atoms with Crippen LogP contribution in [0.2, 0.25) is 0 Å². The number of nitrogens with two attached hydrogens (primary N) is 1. The van der Waals surface area contributed by atoms with Crippen LogP contribution < -0.4 is 11.1 Å². The summed E-state index contributed by atoms with van der Waals surface area (Å²) in [6, 6.07) is 5.79. The normalized spacial score (nSPS) is 33.1. The van der Waals surface area contributed by atoms with Crippen molar-refractivity contribution in [2.24, 2.45) is 11.8 Å². The Morgan fingerprint density at radius 1 is 1.14 bits per heavy atom. The summed E-state index contributed by atoms with van der Waals surface area (Å²) in [6.07, 6.45) is 4.46. The molecule has 3 fully saturated rings. The van der Waals surface area contributed by atoms with Gasteiger partial charge in [0.25, 0.3) is 0 Å². The molecule has 1 aromatic rings. The summed E-state index contributed by atoms with van der Waals surface area (Å²) in [7, 11) is 0. The Morgan fingerprint density at radius 3 is 2.57 bits per heavy atom. The number of amides is 3. The van der Waals surface area contributed by atoms with E-state index in [4.69, 9.17) is 10.5 Å². The van der Waals surface area contributed by atoms with Crippen molar-refractivity contribution in [3.05, 3.63) is 29.3 Å². The van der Waals surface area contributed by atoms with Crippen LogP contribution in [0.25, 0.3) is 0 Å². The van der Waals surface area contributed by atoms with Gasteiger partial charge in [0, 0.05) is 18.7 Å². The fourth-order valence-electron chi connectivity index (χ4n) is 5.46. The Hall–Kier alpha value is -2.41. The van der Waals surface area contributed by atoms with E-state index < -0.39 is 0 Å². The average Bonchev–Trinajstić information content (AvgIpc) is 3.35. The van der Waals surface area contributed by atoms with Crippen LogP contribution >= 0.6 is 0 Å². The van der Waals surface area contributed by atoms with Crippen molar-refractivity contribution < 1.29 is 19.1 Å². The Bertz CT molecular complexity index is 826. The lowest BCUT2D eigenvalue weighted by molar-refractivity contribution is -0.142. The first-order valence-corrected chi connectivity index (χ1v) is 10.2. The summed E-state index contributed by atoms with van der Waals surface area (Å²) in [6.45, 7) is 0.150. The highest BCUT2D eigenvalue weighted by molar-refractivity contribution is 6.06. The van der Waals surface area contributed by atoms with Crippen LogP contribution in [-0.4, -0.2) is 41.4 Å². The predicted molar refractivity (Wildman–Crippen MR) is 101 cm³/mol. The minimum Gasteiger partial charge on any atom is -0.399 e. The van der Waals surface area contributed by atoms with Gasteiger partial charge in [0.15, 0.2) is 0 Å². The van der Waals surface area contributed by atoms with Crippen LogP contribution in [-0.2, 0) is 25.5 Å². The van der Waals surface area contributed by atoms with Crippen LogP contribution in [0.1, 0.15) is 49.3 Å². The number of nitrogen functional groups attached to an aromatic ring is 1. The molecule has 3 saturated heterocycles. The monoisotopic (exact) mass is 383 g/mol. The maximum absolute atomic E-state index is 12.7. The molecule has 7 heteroatoms. The number of nitrogens with one attached hydrogen (secondary N) is 1. The van der Waals surface area contributed by atoms with Gasteiger partial charge in [0.1, 0.15) is 0 Å². The summed E-state index contributed by atoms with van der Waals surface area (Å²) in [5.41, 5.74) is 8.91. The molecule has 148 valence electrons. The third-order valence-electron chi connectivity index (χ3n) is 6.75. The number of hydrogen-bond acceptors (Lipinski definition) is 5. The van der Waals surface area contributed by atoms with Crippen molar-refractivity contribution in [1.29, 1.82) is 0 Å². The van der Waals surface area contributed by atoms with E-state index in [1.807, 2.05) is 18.2 Å². The van der Waals surface area contributed by atoms with Crippen molar-refractivity contribution in [3.63, 3.8) is 0 Å². The van der Waals surface area contributed by atoms with Gasteiger partial charge in [-0.1, -0.05) is 6.07 Å². The Labute approximate surface area is 163 Å². The molecule has 5 atom stereocenters. The number of ether oxygens (including phenoxy) is 1. The highest BCUT2D eigenvalue weighted by Gasteiger charge is 2.62. The number of nitrogens with zero attached hydrogens (tertiary/aromatic N) is 1. The van der Waals surface area contributed by atoms with E-state index in [9.17, 15) is 14.4 Å². The van der Waals surface area contributed by atoms with E-state index >= 15 is 0 Å². The molecule has 0 aromatic heterocycles. The zero-order chi connectivity index (χ0) is 19.4. The topological polar surface area (TPSA) is 102 Å². The SMILES string of the molecule is Nc1ccc2c(c1)CCCC2NC(=O)CCN1C(=O)C2C3CCC(O3)C2C1=O. The van der Waals surface area contributed by atoms with Gasteiger partial charge < -0.3 is 15.8 Å². The van der Waals surface area contributed by atoms with Gasteiger partial charge in [-0.25, -0.2) is 0 Å². The van der Waals surface area contributed by atoms with Crippen LogP contribution in [0.4, 0.5) is 5.69 Å². The molecule has 7 nitrogen and oxygen atoms in total. The van der Waals surface area contributed by atoms with Gasteiger partial charge in [0.05, 0.1) is 30.1 Å². The van der Waals surface area contributed by atoms with Gasteiger partial charge in [-0.2, -0.15) is 0 Å². The Kier molecular flexibility index (Phi) is 4.16. The molecule has 3 aliphatic heterocycles. The Morgan fingerprint density at radius 2 is 1.86 bits per heavy atom. The molecule has 1 aliphatic carbocycles. The third kappa shape index (κ3) is 2.71. The van der Waals surface area contributed by atoms with Crippen molar-refractivity contribution >= 4 is 23.4 Å². The van der Waals surface area contributed by atoms with Gasteiger partial charge in [-0.3, -0.25) is 19.3 Å². The maximum atomic E-state index is 12.7. The fourth-order valence-corrected chi connectivity index (χ4v) is 5.46. The molecule has 5 rings (SSSR count). The molecule has 0 radical (unpaired) electrons. The molecule has 0 spiro atoms. The highest BCUT2D eigenvalue weighted by atomic mass is 16.5. The smallest absolute Gasteiger partial charge is 0.235 e. The number of carbonyl (C=O) groups excluding carboxylic acids is 3. The first-order chi connectivity index (χ1) is 13.5. The van der Waals surface area contributed by atoms with E-state index in [-0.39, 0.29) is 60.8 Å². The Balaban J connectivity index is 1.21. The number of benzene rings is 1. The van der Waals surface area contributed by atoms with E-state index in [1.165, 1.54) is 10.5 Å². The number of aryl methyl sites for hydroxylation is 1. The van der Waals surface area contributed by atoms with Crippen LogP contribution in [0.15, 0.2) is 18.2 Å². The van der Waals surface area contributed by atoms with Gasteiger partial charge in [0.2, 0.25) is 17.7 Å². The quantitative estimate of drug-likeness (QED) is 0.603. The number of hydrogen-bond donors (Lipinski definition) is 2. The molecule has 28 heavy (non-hydrogen) atoms. The number of likely N-dealkylation sites (tertiary alicyclic amines) is 1. The zero-order valence-electron chi connectivity index (χ0n) is 15.7. The first kappa shape index (κ1) is 17.7. The second-order valence-electron chi connectivity index (χ2n) is 8.39. The molecule has 2 bridgehead atoms. The van der Waals surface area contributed by atoms with Crippen LogP contribution in [0.3, 0.4) is 0 Å². The summed E-state index contributed by atoms with van der Waals surface area (Å²) in [5, 5.41) is 3.07. The number of rotatable bonds is 4. The molecule has 3 N–H and O–H groups in total. The second kappa shape index (κ2) is 6.58. The summed E-state index contributed by atoms with van der Waals surface area (Å²) >= 11 is 0. The fraction of sp³-hybridized carbons (Fsp3) is 0.571. The number of fused-ring (bicyclic) bond motifs is 6. The van der Waals surface area contributed by atoms with E-state index in [1.54, 1.807) is 0 Å². The minimum atomic E-state index is -0.329. The second-order valence-corrected chi connectivity index (χ2v) is 8.39. The minimum absolute atomic E-state index is 0.0366. The first-order valence-electron chi connectivity index (χ1n) is 10.2. The van der Waals surface area contributed by atoms with E-state index in [0.29, 0.717) is 0 Å². The van der Waals surface area contributed by atoms with Gasteiger partial charge >= 0.3 is 0 Å². The summed E-state index contributed by atoms with van der Waals surface area (Å²) < 4.78 is 5.74. The molecule has 3 amide bonds. The molecular formula is C21H25N3O4. The number of carbonyl (C=O) groups is 3. The lowest BCUT2D eigenvalue weighted by Crippen LogP contribution is -2.38. The summed E-state index contributed by atoms with van der Waals surface area (Å²) in [4.78, 5) is 39.2. The molecule has 1 aromatic carbocycles. The number of anilines is 1. The molecule has 0 saturated carbocycles. The lowest BCUT2D eigenvalue weighted by Gasteiger charge is -2.27.